The summed E-state index contributed by atoms with van der Waals surface area (Å²) in [4.78, 5) is 0. The predicted octanol–water partition coefficient (Wildman–Crippen LogP) is 8.37. The van der Waals surface area contributed by atoms with Gasteiger partial charge in [-0.2, -0.15) is 0 Å². The van der Waals surface area contributed by atoms with Crippen LogP contribution in [0.3, 0.4) is 0 Å². The number of hydrogen-bond donors (Lipinski definition) is 3. The summed E-state index contributed by atoms with van der Waals surface area (Å²) in [5.41, 5.74) is 5.48. The van der Waals surface area contributed by atoms with Crippen molar-refractivity contribution in [1.29, 1.82) is 0 Å². The zero-order chi connectivity index (χ0) is 28.2. The third-order valence-corrected chi connectivity index (χ3v) is 8.15. The van der Waals surface area contributed by atoms with E-state index in [1.807, 2.05) is 36.4 Å². The summed E-state index contributed by atoms with van der Waals surface area (Å²) >= 11 is 0. The fourth-order valence-corrected chi connectivity index (χ4v) is 6.11. The molecule has 0 heterocycles. The molecule has 0 aliphatic carbocycles. The van der Waals surface area contributed by atoms with Gasteiger partial charge >= 0.3 is 0 Å². The van der Waals surface area contributed by atoms with Gasteiger partial charge in [-0.1, -0.05) is 115 Å². The van der Waals surface area contributed by atoms with E-state index in [0.29, 0.717) is 5.56 Å². The lowest BCUT2D eigenvalue weighted by molar-refractivity contribution is 0.395. The van der Waals surface area contributed by atoms with E-state index in [2.05, 4.69) is 78.9 Å². The number of hydrogen-bond acceptors (Lipinski definition) is 3. The van der Waals surface area contributed by atoms with Gasteiger partial charge in [-0.05, 0) is 67.0 Å². The largest absolute Gasteiger partial charge is 0.508 e. The maximum Gasteiger partial charge on any atom is 0.165 e. The van der Waals surface area contributed by atoms with Crippen molar-refractivity contribution in [2.75, 3.05) is 0 Å². The summed E-state index contributed by atoms with van der Waals surface area (Å²) in [5.74, 6) is -0.968. The minimum atomic E-state index is -0.382. The molecule has 0 aliphatic rings. The third-order valence-electron chi connectivity index (χ3n) is 8.15. The van der Waals surface area contributed by atoms with Crippen LogP contribution in [0.1, 0.15) is 5.56 Å². The SMILES string of the molecule is [B]c1c(O)c(C)c(O)c(O)c1-c1c2ccccc2c(-c2ccc(-c3cccc4ccccc34)cc2)c2ccccc12. The number of phenols is 3. The molecule has 0 aliphatic heterocycles. The lowest BCUT2D eigenvalue weighted by Crippen LogP contribution is -2.10. The van der Waals surface area contributed by atoms with Gasteiger partial charge in [-0.25, -0.2) is 0 Å². The maximum absolute atomic E-state index is 11.1. The van der Waals surface area contributed by atoms with Gasteiger partial charge in [0.05, 0.1) is 0 Å². The molecule has 0 unspecified atom stereocenters. The summed E-state index contributed by atoms with van der Waals surface area (Å²) in [7, 11) is 6.41. The Morgan fingerprint density at radius 2 is 0.927 bits per heavy atom. The second-order valence-corrected chi connectivity index (χ2v) is 10.4. The van der Waals surface area contributed by atoms with E-state index in [-0.39, 0.29) is 33.8 Å². The number of benzene rings is 7. The zero-order valence-corrected chi connectivity index (χ0v) is 22.4. The lowest BCUT2D eigenvalue weighted by atomic mass is 9.79. The Morgan fingerprint density at radius 1 is 0.439 bits per heavy atom. The molecule has 2 radical (unpaired) electrons. The summed E-state index contributed by atoms with van der Waals surface area (Å²) in [5, 5.41) is 38.5. The second kappa shape index (κ2) is 9.46. The standard InChI is InChI=1S/C37H25BO3/c1-21-35(39)34(38)33(37(41)36(21)40)32-29-14-6-4-12-27(29)31(28-13-5-7-15-30(28)32)24-19-17-23(18-20-24)26-16-8-10-22-9-2-3-11-25(22)26/h2-20,39-41H,1H3. The molecule has 194 valence electrons. The van der Waals surface area contributed by atoms with E-state index < -0.39 is 0 Å². The maximum atomic E-state index is 11.1. The molecule has 0 amide bonds. The van der Waals surface area contributed by atoms with Crippen molar-refractivity contribution < 1.29 is 15.3 Å². The van der Waals surface area contributed by atoms with Crippen LogP contribution in [0, 0.1) is 6.92 Å². The molecule has 0 bridgehead atoms. The highest BCUT2D eigenvalue weighted by Crippen LogP contribution is 2.48. The van der Waals surface area contributed by atoms with Gasteiger partial charge in [0.15, 0.2) is 11.5 Å². The van der Waals surface area contributed by atoms with E-state index in [1.54, 1.807) is 0 Å². The number of rotatable bonds is 3. The second-order valence-electron chi connectivity index (χ2n) is 10.4. The van der Waals surface area contributed by atoms with Crippen LogP contribution >= 0.6 is 0 Å². The average molecular weight is 528 g/mol. The fraction of sp³-hybridized carbons (Fsp3) is 0.0270. The first kappa shape index (κ1) is 24.8. The van der Waals surface area contributed by atoms with Crippen LogP contribution in [0.4, 0.5) is 0 Å². The smallest absolute Gasteiger partial charge is 0.165 e. The van der Waals surface area contributed by atoms with Crippen molar-refractivity contribution in [3.05, 3.63) is 121 Å². The van der Waals surface area contributed by atoms with E-state index in [1.165, 1.54) is 23.3 Å². The first-order valence-corrected chi connectivity index (χ1v) is 13.5. The van der Waals surface area contributed by atoms with Crippen LogP contribution in [-0.2, 0) is 0 Å². The lowest BCUT2D eigenvalue weighted by Gasteiger charge is -2.21. The highest BCUT2D eigenvalue weighted by atomic mass is 16.3. The minimum absolute atomic E-state index is 0.0281. The van der Waals surface area contributed by atoms with Gasteiger partial charge in [0.2, 0.25) is 0 Å². The van der Waals surface area contributed by atoms with Gasteiger partial charge in [0.1, 0.15) is 13.6 Å². The Morgan fingerprint density at radius 3 is 1.54 bits per heavy atom. The van der Waals surface area contributed by atoms with Crippen molar-refractivity contribution >= 4 is 45.6 Å². The minimum Gasteiger partial charge on any atom is -0.508 e. The Hall–Kier alpha value is -5.22. The van der Waals surface area contributed by atoms with Gasteiger partial charge in [0.25, 0.3) is 0 Å². The van der Waals surface area contributed by atoms with Gasteiger partial charge < -0.3 is 15.3 Å². The molecule has 0 saturated heterocycles. The molecule has 0 spiro atoms. The molecular formula is C37H25BO3. The molecule has 7 aromatic rings. The van der Waals surface area contributed by atoms with Crippen LogP contribution in [0.5, 0.6) is 17.2 Å². The van der Waals surface area contributed by atoms with Crippen LogP contribution < -0.4 is 5.46 Å². The Kier molecular flexibility index (Phi) is 5.72. The summed E-state index contributed by atoms with van der Waals surface area (Å²) < 4.78 is 0. The molecule has 7 aromatic carbocycles. The molecule has 0 atom stereocenters. The van der Waals surface area contributed by atoms with E-state index in [0.717, 1.165) is 38.2 Å². The van der Waals surface area contributed by atoms with Crippen molar-refractivity contribution in [1.82, 2.24) is 0 Å². The highest BCUT2D eigenvalue weighted by molar-refractivity contribution is 6.40. The molecule has 0 fully saturated rings. The molecular weight excluding hydrogens is 503 g/mol. The monoisotopic (exact) mass is 528 g/mol. The summed E-state index contributed by atoms with van der Waals surface area (Å²) in [6.07, 6.45) is 0. The Bertz CT molecular complexity index is 2050. The van der Waals surface area contributed by atoms with Crippen molar-refractivity contribution in [3.63, 3.8) is 0 Å². The van der Waals surface area contributed by atoms with Crippen LogP contribution in [0.2, 0.25) is 0 Å². The fourth-order valence-electron chi connectivity index (χ4n) is 6.11. The normalized spacial score (nSPS) is 11.4. The number of fused-ring (bicyclic) bond motifs is 3. The quantitative estimate of drug-likeness (QED) is 0.0935. The average Bonchev–Trinajstić information content (AvgIpc) is 3.02. The highest BCUT2D eigenvalue weighted by Gasteiger charge is 2.24. The Balaban J connectivity index is 1.51. The van der Waals surface area contributed by atoms with E-state index in [4.69, 9.17) is 7.85 Å². The van der Waals surface area contributed by atoms with Gasteiger partial charge in [-0.15, -0.1) is 0 Å². The van der Waals surface area contributed by atoms with Crippen LogP contribution in [0.25, 0.3) is 65.7 Å². The Labute approximate surface area is 239 Å². The molecule has 3 nitrogen and oxygen atoms in total. The molecule has 41 heavy (non-hydrogen) atoms. The van der Waals surface area contributed by atoms with E-state index >= 15 is 0 Å². The van der Waals surface area contributed by atoms with Crippen molar-refractivity contribution in [2.24, 2.45) is 0 Å². The number of phenolic OH excluding ortho intramolecular Hbond substituents is 3. The molecule has 0 saturated carbocycles. The predicted molar refractivity (Wildman–Crippen MR) is 170 cm³/mol. The van der Waals surface area contributed by atoms with Crippen LogP contribution in [0.15, 0.2) is 115 Å². The van der Waals surface area contributed by atoms with Gasteiger partial charge in [0, 0.05) is 16.7 Å². The third kappa shape index (κ3) is 3.75. The number of aromatic hydroxyl groups is 3. The van der Waals surface area contributed by atoms with Crippen molar-refractivity contribution in [2.45, 2.75) is 6.92 Å². The molecule has 7 rings (SSSR count). The molecule has 0 aromatic heterocycles. The van der Waals surface area contributed by atoms with Crippen molar-refractivity contribution in [3.8, 4) is 50.6 Å². The first-order chi connectivity index (χ1) is 20.0. The topological polar surface area (TPSA) is 60.7 Å². The van der Waals surface area contributed by atoms with Gasteiger partial charge in [-0.3, -0.25) is 0 Å². The summed E-state index contributed by atoms with van der Waals surface area (Å²) in [6.45, 7) is 1.52. The summed E-state index contributed by atoms with van der Waals surface area (Å²) in [6, 6.07) is 39.3. The van der Waals surface area contributed by atoms with Crippen LogP contribution in [-0.4, -0.2) is 23.2 Å². The molecule has 4 heteroatoms. The van der Waals surface area contributed by atoms with E-state index in [9.17, 15) is 15.3 Å². The zero-order valence-electron chi connectivity index (χ0n) is 22.4. The molecule has 3 N–H and O–H groups in total. The first-order valence-electron chi connectivity index (χ1n) is 13.5.